The van der Waals surface area contributed by atoms with E-state index in [1.54, 1.807) is 6.20 Å². The van der Waals surface area contributed by atoms with E-state index in [-0.39, 0.29) is 18.1 Å². The molecule has 0 spiro atoms. The highest BCUT2D eigenvalue weighted by atomic mass is 16.5. The molecule has 0 amide bonds. The third-order valence-corrected chi connectivity index (χ3v) is 3.30. The first-order chi connectivity index (χ1) is 9.00. The van der Waals surface area contributed by atoms with Crippen molar-refractivity contribution in [1.29, 1.82) is 0 Å². The van der Waals surface area contributed by atoms with Gasteiger partial charge in [-0.05, 0) is 26.3 Å². The summed E-state index contributed by atoms with van der Waals surface area (Å²) in [6.45, 7) is 9.82. The number of ether oxygens (including phenoxy) is 1. The van der Waals surface area contributed by atoms with Crippen LogP contribution in [0.5, 0.6) is 5.88 Å². The van der Waals surface area contributed by atoms with Crippen LogP contribution in [-0.4, -0.2) is 29.3 Å². The number of hydrogen-bond donors (Lipinski definition) is 2. The molecule has 1 atom stereocenters. The molecular formula is C15H26N2O2. The summed E-state index contributed by atoms with van der Waals surface area (Å²) < 4.78 is 5.68. The van der Waals surface area contributed by atoms with E-state index in [1.165, 1.54) is 0 Å². The minimum absolute atomic E-state index is 0.0682. The molecule has 0 saturated carbocycles. The van der Waals surface area contributed by atoms with E-state index >= 15 is 0 Å². The molecule has 0 bridgehead atoms. The Kier molecular flexibility index (Phi) is 6.25. The third-order valence-electron chi connectivity index (χ3n) is 3.30. The number of nitrogens with zero attached hydrogens (tertiary/aromatic N) is 1. The first-order valence-corrected chi connectivity index (χ1v) is 6.93. The summed E-state index contributed by atoms with van der Waals surface area (Å²) in [5, 5.41) is 12.8. The third kappa shape index (κ3) is 5.17. The standard InChI is InChI=1S/C15H26N2O2/c1-5-15(4,11-18)10-16-9-13-7-6-8-17-14(13)19-12(2)3/h6-8,12,16,18H,5,9-11H2,1-4H3. The maximum Gasteiger partial charge on any atom is 0.218 e. The number of hydrogen-bond acceptors (Lipinski definition) is 4. The Hall–Kier alpha value is -1.13. The average molecular weight is 266 g/mol. The monoisotopic (exact) mass is 266 g/mol. The molecule has 2 N–H and O–H groups in total. The van der Waals surface area contributed by atoms with Gasteiger partial charge in [0.1, 0.15) is 0 Å². The van der Waals surface area contributed by atoms with Gasteiger partial charge in [-0.3, -0.25) is 0 Å². The van der Waals surface area contributed by atoms with Crippen molar-refractivity contribution >= 4 is 0 Å². The van der Waals surface area contributed by atoms with Crippen LogP contribution in [-0.2, 0) is 6.54 Å². The fourth-order valence-electron chi connectivity index (χ4n) is 1.68. The molecule has 0 saturated heterocycles. The minimum atomic E-state index is -0.0682. The van der Waals surface area contributed by atoms with Crippen LogP contribution in [0.1, 0.15) is 39.7 Å². The topological polar surface area (TPSA) is 54.4 Å². The summed E-state index contributed by atoms with van der Waals surface area (Å²) in [6, 6.07) is 3.93. The Morgan fingerprint density at radius 3 is 2.79 bits per heavy atom. The summed E-state index contributed by atoms with van der Waals surface area (Å²) >= 11 is 0. The maximum absolute atomic E-state index is 9.38. The van der Waals surface area contributed by atoms with E-state index in [2.05, 4.69) is 24.1 Å². The molecule has 0 fully saturated rings. The number of aliphatic hydroxyl groups is 1. The predicted molar refractivity (Wildman–Crippen MR) is 77.2 cm³/mol. The zero-order valence-corrected chi connectivity index (χ0v) is 12.4. The molecule has 1 heterocycles. The van der Waals surface area contributed by atoms with Crippen LogP contribution in [0.4, 0.5) is 0 Å². The first kappa shape index (κ1) is 15.9. The lowest BCUT2D eigenvalue weighted by Gasteiger charge is -2.26. The number of aromatic nitrogens is 1. The van der Waals surface area contributed by atoms with E-state index in [4.69, 9.17) is 4.74 Å². The van der Waals surface area contributed by atoms with Crippen LogP contribution < -0.4 is 10.1 Å². The van der Waals surface area contributed by atoms with Crippen molar-refractivity contribution in [1.82, 2.24) is 10.3 Å². The quantitative estimate of drug-likeness (QED) is 0.758. The molecule has 0 aliphatic heterocycles. The first-order valence-electron chi connectivity index (χ1n) is 6.93. The van der Waals surface area contributed by atoms with E-state index < -0.39 is 0 Å². The lowest BCUT2D eigenvalue weighted by atomic mass is 9.88. The molecule has 1 rings (SSSR count). The Morgan fingerprint density at radius 1 is 1.47 bits per heavy atom. The summed E-state index contributed by atoms with van der Waals surface area (Å²) in [5.74, 6) is 0.687. The van der Waals surface area contributed by atoms with Crippen molar-refractivity contribution in [3.8, 4) is 5.88 Å². The van der Waals surface area contributed by atoms with Crippen molar-refractivity contribution in [2.24, 2.45) is 5.41 Å². The van der Waals surface area contributed by atoms with Crippen molar-refractivity contribution in [2.45, 2.75) is 46.8 Å². The largest absolute Gasteiger partial charge is 0.475 e. The normalized spacial score (nSPS) is 14.4. The van der Waals surface area contributed by atoms with Gasteiger partial charge in [-0.2, -0.15) is 0 Å². The molecular weight excluding hydrogens is 240 g/mol. The number of pyridine rings is 1. The predicted octanol–water partition coefficient (Wildman–Crippen LogP) is 2.37. The lowest BCUT2D eigenvalue weighted by molar-refractivity contribution is 0.135. The zero-order chi connectivity index (χ0) is 14.3. The van der Waals surface area contributed by atoms with Crippen molar-refractivity contribution < 1.29 is 9.84 Å². The molecule has 1 aromatic heterocycles. The van der Waals surface area contributed by atoms with Crippen LogP contribution >= 0.6 is 0 Å². The van der Waals surface area contributed by atoms with Crippen molar-refractivity contribution in [3.05, 3.63) is 23.9 Å². The molecule has 0 aliphatic rings. The molecule has 4 nitrogen and oxygen atoms in total. The molecule has 0 aromatic carbocycles. The van der Waals surface area contributed by atoms with Gasteiger partial charge in [0.15, 0.2) is 0 Å². The molecule has 1 unspecified atom stereocenters. The van der Waals surface area contributed by atoms with Crippen LogP contribution in [0.3, 0.4) is 0 Å². The van der Waals surface area contributed by atoms with Crippen molar-refractivity contribution in [3.63, 3.8) is 0 Å². The van der Waals surface area contributed by atoms with Crippen LogP contribution in [0.25, 0.3) is 0 Å². The number of nitrogens with one attached hydrogen (secondary N) is 1. The van der Waals surface area contributed by atoms with Gasteiger partial charge < -0.3 is 15.2 Å². The highest BCUT2D eigenvalue weighted by Gasteiger charge is 2.20. The summed E-state index contributed by atoms with van der Waals surface area (Å²) in [5.41, 5.74) is 0.981. The van der Waals surface area contributed by atoms with E-state index in [0.29, 0.717) is 12.4 Å². The van der Waals surface area contributed by atoms with Gasteiger partial charge in [0.2, 0.25) is 5.88 Å². The Labute approximate surface area is 116 Å². The van der Waals surface area contributed by atoms with Gasteiger partial charge in [0.05, 0.1) is 6.10 Å². The van der Waals surface area contributed by atoms with E-state index in [1.807, 2.05) is 26.0 Å². The highest BCUT2D eigenvalue weighted by Crippen LogP contribution is 2.20. The van der Waals surface area contributed by atoms with Gasteiger partial charge in [0, 0.05) is 36.9 Å². The average Bonchev–Trinajstić information content (AvgIpc) is 2.40. The number of rotatable bonds is 8. The van der Waals surface area contributed by atoms with Crippen LogP contribution in [0.2, 0.25) is 0 Å². The summed E-state index contributed by atoms with van der Waals surface area (Å²) in [7, 11) is 0. The second-order valence-electron chi connectivity index (χ2n) is 5.56. The van der Waals surface area contributed by atoms with Crippen LogP contribution in [0.15, 0.2) is 18.3 Å². The fourth-order valence-corrected chi connectivity index (χ4v) is 1.68. The Balaban J connectivity index is 2.58. The zero-order valence-electron chi connectivity index (χ0n) is 12.4. The molecule has 4 heteroatoms. The minimum Gasteiger partial charge on any atom is -0.475 e. The Morgan fingerprint density at radius 2 is 2.21 bits per heavy atom. The van der Waals surface area contributed by atoms with E-state index in [0.717, 1.165) is 18.5 Å². The van der Waals surface area contributed by atoms with Gasteiger partial charge in [-0.1, -0.05) is 19.9 Å². The maximum atomic E-state index is 9.38. The molecule has 19 heavy (non-hydrogen) atoms. The Bertz CT molecular complexity index is 376. The van der Waals surface area contributed by atoms with Crippen molar-refractivity contribution in [2.75, 3.05) is 13.2 Å². The number of aliphatic hydroxyl groups excluding tert-OH is 1. The second-order valence-corrected chi connectivity index (χ2v) is 5.56. The van der Waals surface area contributed by atoms with Gasteiger partial charge in [0.25, 0.3) is 0 Å². The van der Waals surface area contributed by atoms with Gasteiger partial charge in [-0.25, -0.2) is 4.98 Å². The lowest BCUT2D eigenvalue weighted by Crippen LogP contribution is -2.34. The molecule has 0 radical (unpaired) electrons. The fraction of sp³-hybridized carbons (Fsp3) is 0.667. The smallest absolute Gasteiger partial charge is 0.218 e. The second kappa shape index (κ2) is 7.46. The molecule has 1 aromatic rings. The van der Waals surface area contributed by atoms with Crippen LogP contribution in [0, 0.1) is 5.41 Å². The van der Waals surface area contributed by atoms with Gasteiger partial charge >= 0.3 is 0 Å². The van der Waals surface area contributed by atoms with E-state index in [9.17, 15) is 5.11 Å². The SMILES string of the molecule is CCC(C)(CO)CNCc1cccnc1OC(C)C. The molecule has 108 valence electrons. The summed E-state index contributed by atoms with van der Waals surface area (Å²) in [4.78, 5) is 4.26. The molecule has 0 aliphatic carbocycles. The van der Waals surface area contributed by atoms with Gasteiger partial charge in [-0.15, -0.1) is 0 Å². The summed E-state index contributed by atoms with van der Waals surface area (Å²) in [6.07, 6.45) is 2.80. The highest BCUT2D eigenvalue weighted by molar-refractivity contribution is 5.25.